The summed E-state index contributed by atoms with van der Waals surface area (Å²) in [6, 6.07) is 4.74. The van der Waals surface area contributed by atoms with E-state index in [1.807, 2.05) is 12.2 Å². The molecule has 7 heteroatoms. The molecule has 0 atom stereocenters. The van der Waals surface area contributed by atoms with Crippen LogP contribution in [0.2, 0.25) is 0 Å². The first-order valence-corrected chi connectivity index (χ1v) is 7.93. The van der Waals surface area contributed by atoms with Crippen molar-refractivity contribution < 1.29 is 4.92 Å². The van der Waals surface area contributed by atoms with E-state index in [-0.39, 0.29) is 11.1 Å². The maximum absolute atomic E-state index is 10.8. The summed E-state index contributed by atoms with van der Waals surface area (Å²) in [5, 5.41) is 18.8. The second-order valence-electron chi connectivity index (χ2n) is 6.24. The third kappa shape index (κ3) is 3.14. The van der Waals surface area contributed by atoms with E-state index in [0.29, 0.717) is 5.52 Å². The van der Waals surface area contributed by atoms with Crippen molar-refractivity contribution in [2.75, 3.05) is 0 Å². The van der Waals surface area contributed by atoms with E-state index in [1.165, 1.54) is 23.5 Å². The highest BCUT2D eigenvalue weighted by Gasteiger charge is 2.18. The van der Waals surface area contributed by atoms with E-state index in [9.17, 15) is 10.1 Å². The van der Waals surface area contributed by atoms with Gasteiger partial charge in [-0.15, -0.1) is 11.3 Å². The molecule has 118 valence electrons. The average Bonchev–Trinajstić information content (AvgIpc) is 3.09. The minimum Gasteiger partial charge on any atom is -0.281 e. The molecule has 0 fully saturated rings. The van der Waals surface area contributed by atoms with Crippen LogP contribution in [-0.4, -0.2) is 20.1 Å². The number of nitrogens with one attached hydrogen (secondary N) is 1. The van der Waals surface area contributed by atoms with Gasteiger partial charge in [-0.3, -0.25) is 15.2 Å². The van der Waals surface area contributed by atoms with Crippen molar-refractivity contribution in [2.24, 2.45) is 0 Å². The van der Waals surface area contributed by atoms with E-state index in [4.69, 9.17) is 0 Å². The Morgan fingerprint density at radius 1 is 1.30 bits per heavy atom. The van der Waals surface area contributed by atoms with Crippen LogP contribution in [0.15, 0.2) is 24.4 Å². The number of thiazole rings is 1. The Hall–Kier alpha value is -2.54. The number of hydrogen-bond donors (Lipinski definition) is 1. The van der Waals surface area contributed by atoms with Gasteiger partial charge in [0, 0.05) is 28.8 Å². The number of hydrogen-bond acceptors (Lipinski definition) is 5. The molecular weight excluding hydrogens is 312 g/mol. The van der Waals surface area contributed by atoms with E-state index < -0.39 is 4.92 Å². The highest BCUT2D eigenvalue weighted by Crippen LogP contribution is 2.28. The van der Waals surface area contributed by atoms with Gasteiger partial charge in [-0.1, -0.05) is 20.8 Å². The Labute approximate surface area is 137 Å². The lowest BCUT2D eigenvalue weighted by atomic mass is 9.89. The summed E-state index contributed by atoms with van der Waals surface area (Å²) in [6.07, 6.45) is 5.67. The molecule has 0 aliphatic carbocycles. The minimum atomic E-state index is -0.407. The predicted octanol–water partition coefficient (Wildman–Crippen LogP) is 4.40. The first-order valence-electron chi connectivity index (χ1n) is 7.11. The van der Waals surface area contributed by atoms with E-state index >= 15 is 0 Å². The molecule has 0 bridgehead atoms. The predicted molar refractivity (Wildman–Crippen MR) is 92.5 cm³/mol. The van der Waals surface area contributed by atoms with Crippen LogP contribution in [0.25, 0.3) is 22.4 Å². The Kier molecular flexibility index (Phi) is 3.73. The number of benzene rings is 1. The number of nitro benzene ring substituents is 1. The van der Waals surface area contributed by atoms with Crippen molar-refractivity contribution in [1.82, 2.24) is 15.2 Å². The fraction of sp³-hybridized carbons (Fsp3) is 0.250. The van der Waals surface area contributed by atoms with Gasteiger partial charge in [0.1, 0.15) is 5.01 Å². The van der Waals surface area contributed by atoms with Crippen molar-refractivity contribution in [3.05, 3.63) is 50.8 Å². The monoisotopic (exact) mass is 328 g/mol. The largest absolute Gasteiger partial charge is 0.281 e. The number of nitrogens with zero attached hydrogens (tertiary/aromatic N) is 3. The molecule has 3 rings (SSSR count). The van der Waals surface area contributed by atoms with E-state index in [0.717, 1.165) is 21.0 Å². The minimum absolute atomic E-state index is 0.0234. The lowest BCUT2D eigenvalue weighted by Crippen LogP contribution is -2.13. The van der Waals surface area contributed by atoms with Crippen molar-refractivity contribution in [3.63, 3.8) is 0 Å². The molecule has 2 heterocycles. The maximum Gasteiger partial charge on any atom is 0.271 e. The summed E-state index contributed by atoms with van der Waals surface area (Å²) in [5.41, 5.74) is 2.76. The molecule has 0 aliphatic heterocycles. The molecule has 0 saturated heterocycles. The molecule has 2 aromatic heterocycles. The van der Waals surface area contributed by atoms with Gasteiger partial charge in [0.05, 0.1) is 21.3 Å². The molecule has 23 heavy (non-hydrogen) atoms. The Balaban J connectivity index is 1.93. The first kappa shape index (κ1) is 15.4. The van der Waals surface area contributed by atoms with Crippen LogP contribution in [-0.2, 0) is 5.41 Å². The molecule has 6 nitrogen and oxygen atoms in total. The third-order valence-corrected chi connectivity index (χ3v) is 4.42. The Morgan fingerprint density at radius 2 is 2.09 bits per heavy atom. The number of non-ortho nitro benzene ring substituents is 1. The van der Waals surface area contributed by atoms with Crippen LogP contribution >= 0.6 is 11.3 Å². The molecule has 0 radical (unpaired) electrons. The quantitative estimate of drug-likeness (QED) is 0.570. The first-order chi connectivity index (χ1) is 10.8. The number of H-pyrrole nitrogens is 1. The maximum atomic E-state index is 10.8. The highest BCUT2D eigenvalue weighted by molar-refractivity contribution is 7.19. The Morgan fingerprint density at radius 3 is 2.78 bits per heavy atom. The zero-order chi connectivity index (χ0) is 16.6. The van der Waals surface area contributed by atoms with Crippen LogP contribution < -0.4 is 0 Å². The summed E-state index contributed by atoms with van der Waals surface area (Å²) in [7, 11) is 0. The normalized spacial score (nSPS) is 12.3. The molecule has 0 spiro atoms. The lowest BCUT2D eigenvalue weighted by molar-refractivity contribution is -0.384. The van der Waals surface area contributed by atoms with Crippen molar-refractivity contribution >= 4 is 39.4 Å². The van der Waals surface area contributed by atoms with Gasteiger partial charge in [0.25, 0.3) is 5.69 Å². The smallest absolute Gasteiger partial charge is 0.271 e. The fourth-order valence-corrected chi connectivity index (χ4v) is 3.15. The molecule has 0 amide bonds. The summed E-state index contributed by atoms with van der Waals surface area (Å²) >= 11 is 1.50. The fourth-order valence-electron chi connectivity index (χ4n) is 2.30. The van der Waals surface area contributed by atoms with Crippen LogP contribution in [0, 0.1) is 10.1 Å². The lowest BCUT2D eigenvalue weighted by Gasteiger charge is -2.16. The standard InChI is InChI=1S/C16H16N4O2S/c1-16(2,3)15-10(9-17-19-15)4-7-14-18-12-8-11(20(21)22)5-6-13(12)23-14/h4-9H,1-3H3,(H,17,19)/b7-4-. The molecule has 1 N–H and O–H groups in total. The summed E-state index contributed by atoms with van der Waals surface area (Å²) in [4.78, 5) is 14.9. The second kappa shape index (κ2) is 5.58. The molecule has 0 unspecified atom stereocenters. The second-order valence-corrected chi connectivity index (χ2v) is 7.31. The molecular formula is C16H16N4O2S. The van der Waals surface area contributed by atoms with Gasteiger partial charge in [-0.25, -0.2) is 4.98 Å². The average molecular weight is 328 g/mol. The summed E-state index contributed by atoms with van der Waals surface area (Å²) in [5.74, 6) is 0. The highest BCUT2D eigenvalue weighted by atomic mass is 32.1. The third-order valence-electron chi connectivity index (χ3n) is 3.42. The van der Waals surface area contributed by atoms with Gasteiger partial charge >= 0.3 is 0 Å². The molecule has 0 saturated carbocycles. The summed E-state index contributed by atoms with van der Waals surface area (Å²) in [6.45, 7) is 6.36. The van der Waals surface area contributed by atoms with Gasteiger partial charge in [-0.2, -0.15) is 5.10 Å². The number of rotatable bonds is 3. The molecule has 1 aromatic carbocycles. The van der Waals surface area contributed by atoms with E-state index in [2.05, 4.69) is 36.0 Å². The van der Waals surface area contributed by atoms with Gasteiger partial charge in [0.15, 0.2) is 0 Å². The van der Waals surface area contributed by atoms with Crippen LogP contribution in [0.5, 0.6) is 0 Å². The zero-order valence-corrected chi connectivity index (χ0v) is 13.8. The number of aromatic nitrogens is 3. The van der Waals surface area contributed by atoms with Crippen LogP contribution in [0.1, 0.15) is 37.0 Å². The SMILES string of the molecule is CC(C)(C)c1[nH]ncc1/C=C\c1nc2cc([N+](=O)[O-])ccc2s1. The van der Waals surface area contributed by atoms with Crippen LogP contribution in [0.3, 0.4) is 0 Å². The Bertz CT molecular complexity index is 902. The molecule has 3 aromatic rings. The summed E-state index contributed by atoms with van der Waals surface area (Å²) < 4.78 is 0.929. The van der Waals surface area contributed by atoms with E-state index in [1.54, 1.807) is 12.3 Å². The topological polar surface area (TPSA) is 84.7 Å². The zero-order valence-electron chi connectivity index (χ0n) is 13.0. The van der Waals surface area contributed by atoms with Crippen molar-refractivity contribution in [2.45, 2.75) is 26.2 Å². The van der Waals surface area contributed by atoms with Gasteiger partial charge < -0.3 is 0 Å². The van der Waals surface area contributed by atoms with Crippen molar-refractivity contribution in [1.29, 1.82) is 0 Å². The van der Waals surface area contributed by atoms with Gasteiger partial charge in [0.2, 0.25) is 0 Å². The van der Waals surface area contributed by atoms with Crippen LogP contribution in [0.4, 0.5) is 5.69 Å². The number of nitro groups is 1. The number of aromatic amines is 1. The molecule has 0 aliphatic rings. The number of fused-ring (bicyclic) bond motifs is 1. The van der Waals surface area contributed by atoms with Gasteiger partial charge in [-0.05, 0) is 18.2 Å². The van der Waals surface area contributed by atoms with Crippen molar-refractivity contribution in [3.8, 4) is 0 Å².